The van der Waals surface area contributed by atoms with Gasteiger partial charge in [0.15, 0.2) is 0 Å². The molecule has 0 fully saturated rings. The van der Waals surface area contributed by atoms with Crippen LogP contribution in [0.3, 0.4) is 0 Å². The van der Waals surface area contributed by atoms with Crippen molar-refractivity contribution in [1.82, 2.24) is 0 Å². The smallest absolute Gasteiger partial charge is 0.377 e. The van der Waals surface area contributed by atoms with Crippen LogP contribution in [0.2, 0.25) is 5.02 Å². The van der Waals surface area contributed by atoms with Crippen LogP contribution in [0.4, 0.5) is 0 Å². The molecule has 1 N–H and O–H groups in total. The maximum atomic E-state index is 12.2. The zero-order chi connectivity index (χ0) is 16.9. The van der Waals surface area contributed by atoms with Crippen LogP contribution in [0.1, 0.15) is 31.1 Å². The average Bonchev–Trinajstić information content (AvgIpc) is 2.43. The second kappa shape index (κ2) is 7.17. The van der Waals surface area contributed by atoms with Gasteiger partial charge in [-0.1, -0.05) is 11.6 Å². The van der Waals surface area contributed by atoms with E-state index >= 15 is 0 Å². The van der Waals surface area contributed by atoms with Crippen molar-refractivity contribution in [1.29, 1.82) is 0 Å². The van der Waals surface area contributed by atoms with Gasteiger partial charge in [-0.25, -0.2) is 9.59 Å². The van der Waals surface area contributed by atoms with Crippen molar-refractivity contribution in [3.63, 3.8) is 0 Å². The number of esters is 2. The van der Waals surface area contributed by atoms with Gasteiger partial charge in [0, 0.05) is 5.02 Å². The molecule has 0 radical (unpaired) electrons. The first kappa shape index (κ1) is 17.8. The van der Waals surface area contributed by atoms with Crippen molar-refractivity contribution >= 4 is 23.5 Å². The molecule has 1 rings (SSSR count). The molecule has 0 heterocycles. The SMILES string of the molecule is COC(=O)/C(=C\O)Oc1ccc(Cl)cc1C(=O)OC(C)(C)C. The Hall–Kier alpha value is -2.21. The van der Waals surface area contributed by atoms with Crippen LogP contribution in [-0.2, 0) is 14.3 Å². The number of benzene rings is 1. The first-order valence-electron chi connectivity index (χ1n) is 6.31. The van der Waals surface area contributed by atoms with Gasteiger partial charge < -0.3 is 19.3 Å². The van der Waals surface area contributed by atoms with Crippen LogP contribution in [0.25, 0.3) is 0 Å². The summed E-state index contributed by atoms with van der Waals surface area (Å²) in [7, 11) is 1.13. The molecule has 6 nitrogen and oxygen atoms in total. The molecule has 0 saturated carbocycles. The summed E-state index contributed by atoms with van der Waals surface area (Å²) in [5.41, 5.74) is -0.694. The minimum atomic E-state index is -0.896. The number of methoxy groups -OCH3 is 1. The molecule has 0 saturated heterocycles. The van der Waals surface area contributed by atoms with Gasteiger partial charge in [0.25, 0.3) is 0 Å². The molecule has 0 amide bonds. The predicted octanol–water partition coefficient (Wildman–Crippen LogP) is 3.25. The Labute approximate surface area is 133 Å². The highest BCUT2D eigenvalue weighted by molar-refractivity contribution is 6.31. The highest BCUT2D eigenvalue weighted by Crippen LogP contribution is 2.27. The molecular formula is C15H17ClO6. The number of rotatable bonds is 4. The lowest BCUT2D eigenvalue weighted by molar-refractivity contribution is -0.138. The van der Waals surface area contributed by atoms with Gasteiger partial charge >= 0.3 is 11.9 Å². The van der Waals surface area contributed by atoms with Crippen molar-refractivity contribution in [3.05, 3.63) is 40.8 Å². The molecule has 0 spiro atoms. The molecule has 0 aliphatic rings. The number of ether oxygens (including phenoxy) is 3. The topological polar surface area (TPSA) is 82.1 Å². The number of hydrogen-bond donors (Lipinski definition) is 1. The van der Waals surface area contributed by atoms with E-state index in [2.05, 4.69) is 4.74 Å². The van der Waals surface area contributed by atoms with E-state index in [1.54, 1.807) is 20.8 Å². The van der Waals surface area contributed by atoms with Gasteiger partial charge in [-0.05, 0) is 39.0 Å². The van der Waals surface area contributed by atoms with Gasteiger partial charge in [0.1, 0.15) is 23.2 Å². The fraction of sp³-hybridized carbons (Fsp3) is 0.333. The molecular weight excluding hydrogens is 312 g/mol. The normalized spacial score (nSPS) is 11.8. The van der Waals surface area contributed by atoms with E-state index in [9.17, 15) is 9.59 Å². The Balaban J connectivity index is 3.16. The van der Waals surface area contributed by atoms with Crippen LogP contribution in [0.5, 0.6) is 5.75 Å². The Bertz CT molecular complexity index is 601. The summed E-state index contributed by atoms with van der Waals surface area (Å²) in [6, 6.07) is 4.20. The molecule has 0 aliphatic carbocycles. The summed E-state index contributed by atoms with van der Waals surface area (Å²) in [4.78, 5) is 23.6. The summed E-state index contributed by atoms with van der Waals surface area (Å²) < 4.78 is 14.9. The molecule has 1 aromatic carbocycles. The second-order valence-corrected chi connectivity index (χ2v) is 5.67. The van der Waals surface area contributed by atoms with Crippen LogP contribution in [-0.4, -0.2) is 29.8 Å². The maximum Gasteiger partial charge on any atom is 0.377 e. The fourth-order valence-electron chi connectivity index (χ4n) is 1.42. The van der Waals surface area contributed by atoms with Crippen molar-refractivity contribution in [2.24, 2.45) is 0 Å². The van der Waals surface area contributed by atoms with E-state index in [0.29, 0.717) is 11.3 Å². The molecule has 120 valence electrons. The van der Waals surface area contributed by atoms with Crippen LogP contribution >= 0.6 is 11.6 Å². The van der Waals surface area contributed by atoms with E-state index in [4.69, 9.17) is 26.2 Å². The zero-order valence-corrected chi connectivity index (χ0v) is 13.4. The molecule has 1 aromatic rings. The molecule has 0 aromatic heterocycles. The molecule has 0 bridgehead atoms. The lowest BCUT2D eigenvalue weighted by atomic mass is 10.1. The summed E-state index contributed by atoms with van der Waals surface area (Å²) in [6.45, 7) is 5.14. The lowest BCUT2D eigenvalue weighted by Gasteiger charge is -2.20. The van der Waals surface area contributed by atoms with Crippen molar-refractivity contribution in [3.8, 4) is 5.75 Å². The molecule has 0 aliphatic heterocycles. The van der Waals surface area contributed by atoms with Crippen molar-refractivity contribution < 1.29 is 28.9 Å². The Morgan fingerprint density at radius 2 is 1.91 bits per heavy atom. The third-order valence-corrected chi connectivity index (χ3v) is 2.52. The zero-order valence-electron chi connectivity index (χ0n) is 12.7. The Kier molecular flexibility index (Phi) is 5.82. The molecule has 0 atom stereocenters. The first-order valence-corrected chi connectivity index (χ1v) is 6.69. The summed E-state index contributed by atoms with van der Waals surface area (Å²) in [5.74, 6) is -2.04. The quantitative estimate of drug-likeness (QED) is 0.519. The number of hydrogen-bond acceptors (Lipinski definition) is 6. The minimum Gasteiger partial charge on any atom is -0.511 e. The number of carbonyl (C=O) groups is 2. The molecule has 7 heteroatoms. The van der Waals surface area contributed by atoms with E-state index in [1.165, 1.54) is 18.2 Å². The van der Waals surface area contributed by atoms with Gasteiger partial charge in [0.05, 0.1) is 7.11 Å². The summed E-state index contributed by atoms with van der Waals surface area (Å²) in [6.07, 6.45) is 0.444. The summed E-state index contributed by atoms with van der Waals surface area (Å²) >= 11 is 5.87. The Morgan fingerprint density at radius 1 is 1.27 bits per heavy atom. The van der Waals surface area contributed by atoms with Crippen LogP contribution in [0.15, 0.2) is 30.2 Å². The number of aliphatic hydroxyl groups is 1. The van der Waals surface area contributed by atoms with Crippen LogP contribution in [0, 0.1) is 0 Å². The third-order valence-electron chi connectivity index (χ3n) is 2.28. The number of aliphatic hydroxyl groups excluding tert-OH is 1. The standard InChI is InChI=1S/C15H17ClO6/c1-15(2,3)22-13(18)10-7-9(16)5-6-11(10)21-12(8-17)14(19)20-4/h5-8,17H,1-4H3/b12-8+. The largest absolute Gasteiger partial charge is 0.511 e. The monoisotopic (exact) mass is 328 g/mol. The maximum absolute atomic E-state index is 12.2. The van der Waals surface area contributed by atoms with Gasteiger partial charge in [-0.3, -0.25) is 0 Å². The van der Waals surface area contributed by atoms with Gasteiger partial charge in [-0.15, -0.1) is 0 Å². The van der Waals surface area contributed by atoms with E-state index in [-0.39, 0.29) is 11.3 Å². The van der Waals surface area contributed by atoms with Crippen molar-refractivity contribution in [2.45, 2.75) is 26.4 Å². The fourth-order valence-corrected chi connectivity index (χ4v) is 1.60. The predicted molar refractivity (Wildman–Crippen MR) is 80.0 cm³/mol. The average molecular weight is 329 g/mol. The third kappa shape index (κ3) is 4.96. The molecule has 22 heavy (non-hydrogen) atoms. The highest BCUT2D eigenvalue weighted by atomic mass is 35.5. The van der Waals surface area contributed by atoms with E-state index in [0.717, 1.165) is 7.11 Å². The summed E-state index contributed by atoms with van der Waals surface area (Å²) in [5, 5.41) is 9.32. The highest BCUT2D eigenvalue weighted by Gasteiger charge is 2.23. The lowest BCUT2D eigenvalue weighted by Crippen LogP contribution is -2.24. The van der Waals surface area contributed by atoms with Gasteiger partial charge in [0.2, 0.25) is 5.76 Å². The van der Waals surface area contributed by atoms with E-state index in [1.807, 2.05) is 0 Å². The second-order valence-electron chi connectivity index (χ2n) is 5.23. The minimum absolute atomic E-state index is 0.00403. The number of halogens is 1. The van der Waals surface area contributed by atoms with E-state index < -0.39 is 23.3 Å². The number of carbonyl (C=O) groups excluding carboxylic acids is 2. The molecule has 0 unspecified atom stereocenters. The first-order chi connectivity index (χ1) is 10.2. The van der Waals surface area contributed by atoms with Crippen molar-refractivity contribution in [2.75, 3.05) is 7.11 Å². The van der Waals surface area contributed by atoms with Crippen LogP contribution < -0.4 is 4.74 Å². The van der Waals surface area contributed by atoms with Gasteiger partial charge in [-0.2, -0.15) is 0 Å². The Morgan fingerprint density at radius 3 is 2.41 bits per heavy atom.